The summed E-state index contributed by atoms with van der Waals surface area (Å²) in [7, 11) is 0. The van der Waals surface area contributed by atoms with Crippen molar-refractivity contribution >= 4 is 17.8 Å². The number of rotatable bonds is 4. The smallest absolute Gasteiger partial charge is 0.336 e. The predicted molar refractivity (Wildman–Crippen MR) is 77.6 cm³/mol. The normalized spacial score (nSPS) is 10.4. The van der Waals surface area contributed by atoms with Gasteiger partial charge >= 0.3 is 5.97 Å². The first kappa shape index (κ1) is 13.7. The lowest BCUT2D eigenvalue weighted by atomic mass is 10.1. The van der Waals surface area contributed by atoms with Crippen molar-refractivity contribution in [3.8, 4) is 5.75 Å². The molecule has 20 heavy (non-hydrogen) atoms. The molecule has 2 rings (SSSR count). The van der Waals surface area contributed by atoms with Crippen LogP contribution in [0.3, 0.4) is 0 Å². The van der Waals surface area contributed by atoms with Crippen molar-refractivity contribution in [3.63, 3.8) is 0 Å². The Morgan fingerprint density at radius 2 is 1.60 bits per heavy atom. The molecule has 0 amide bonds. The van der Waals surface area contributed by atoms with Gasteiger partial charge in [0.05, 0.1) is 5.56 Å². The molecular formula is C17H14O3. The number of ether oxygens (including phenoxy) is 1. The topological polar surface area (TPSA) is 43.4 Å². The summed E-state index contributed by atoms with van der Waals surface area (Å²) < 4.78 is 5.18. The highest BCUT2D eigenvalue weighted by Gasteiger charge is 2.09. The van der Waals surface area contributed by atoms with Gasteiger partial charge in [0.25, 0.3) is 0 Å². The Kier molecular flexibility index (Phi) is 4.45. The van der Waals surface area contributed by atoms with Crippen molar-refractivity contribution < 1.29 is 14.3 Å². The van der Waals surface area contributed by atoms with E-state index in [1.807, 2.05) is 30.3 Å². The fraction of sp³-hybridized carbons (Fsp3) is 0.0588. The highest BCUT2D eigenvalue weighted by Crippen LogP contribution is 2.18. The Morgan fingerprint density at radius 3 is 2.30 bits per heavy atom. The van der Waals surface area contributed by atoms with Gasteiger partial charge < -0.3 is 4.74 Å². The first-order valence-electron chi connectivity index (χ1n) is 6.22. The van der Waals surface area contributed by atoms with Gasteiger partial charge in [-0.15, -0.1) is 0 Å². The molecule has 3 nitrogen and oxygen atoms in total. The molecule has 0 unspecified atom stereocenters. The van der Waals surface area contributed by atoms with E-state index in [2.05, 4.69) is 0 Å². The quantitative estimate of drug-likeness (QED) is 0.368. The molecule has 0 bridgehead atoms. The van der Waals surface area contributed by atoms with Crippen LogP contribution in [0, 0.1) is 0 Å². The number of Topliss-reactive ketones (excluding diaryl/α,β-unsaturated/α-hetero) is 1. The lowest BCUT2D eigenvalue weighted by Gasteiger charge is -2.05. The molecule has 0 aliphatic rings. The minimum Gasteiger partial charge on any atom is -0.423 e. The van der Waals surface area contributed by atoms with Crippen LogP contribution in [0.25, 0.3) is 6.08 Å². The molecule has 0 radical (unpaired) electrons. The average molecular weight is 266 g/mol. The number of carbonyl (C=O) groups is 2. The Balaban J connectivity index is 2.09. The van der Waals surface area contributed by atoms with Crippen LogP contribution in [-0.4, -0.2) is 11.8 Å². The van der Waals surface area contributed by atoms with Crippen molar-refractivity contribution in [2.45, 2.75) is 6.92 Å². The molecule has 0 aliphatic carbocycles. The van der Waals surface area contributed by atoms with Gasteiger partial charge in [-0.3, -0.25) is 4.79 Å². The first-order chi connectivity index (χ1) is 9.66. The minimum atomic E-state index is -0.512. The summed E-state index contributed by atoms with van der Waals surface area (Å²) in [5.41, 5.74) is 1.30. The third kappa shape index (κ3) is 3.65. The summed E-state index contributed by atoms with van der Waals surface area (Å²) >= 11 is 0. The van der Waals surface area contributed by atoms with Gasteiger partial charge in [0.15, 0.2) is 5.78 Å². The summed E-state index contributed by atoms with van der Waals surface area (Å²) in [5, 5.41) is 0. The van der Waals surface area contributed by atoms with E-state index in [9.17, 15) is 9.59 Å². The molecule has 0 fully saturated rings. The lowest BCUT2D eigenvalue weighted by molar-refractivity contribution is -0.128. The van der Waals surface area contributed by atoms with Crippen molar-refractivity contribution in [2.75, 3.05) is 0 Å². The van der Waals surface area contributed by atoms with Crippen LogP contribution in [-0.2, 0) is 4.79 Å². The second-order valence-electron chi connectivity index (χ2n) is 4.22. The Labute approximate surface area is 117 Å². The second kappa shape index (κ2) is 6.48. The van der Waals surface area contributed by atoms with Gasteiger partial charge in [0.2, 0.25) is 0 Å². The number of carbonyl (C=O) groups excluding carboxylic acids is 2. The molecule has 0 heterocycles. The zero-order chi connectivity index (χ0) is 14.4. The summed E-state index contributed by atoms with van der Waals surface area (Å²) in [5.74, 6) is -0.370. The molecule has 0 spiro atoms. The first-order valence-corrected chi connectivity index (χ1v) is 6.22. The van der Waals surface area contributed by atoms with E-state index in [-0.39, 0.29) is 11.5 Å². The Morgan fingerprint density at radius 1 is 0.950 bits per heavy atom. The molecule has 0 aromatic heterocycles. The number of hydrogen-bond acceptors (Lipinski definition) is 3. The summed E-state index contributed by atoms with van der Waals surface area (Å²) in [4.78, 5) is 23.2. The van der Waals surface area contributed by atoms with Gasteiger partial charge in [-0.2, -0.15) is 0 Å². The lowest BCUT2D eigenvalue weighted by Crippen LogP contribution is -2.07. The van der Waals surface area contributed by atoms with E-state index in [1.165, 1.54) is 13.0 Å². The van der Waals surface area contributed by atoms with Crippen LogP contribution in [0.4, 0.5) is 0 Å². The monoisotopic (exact) mass is 266 g/mol. The highest BCUT2D eigenvalue weighted by atomic mass is 16.5. The van der Waals surface area contributed by atoms with Crippen LogP contribution < -0.4 is 4.74 Å². The number of ketones is 1. The third-order valence-electron chi connectivity index (χ3n) is 2.69. The fourth-order valence-corrected chi connectivity index (χ4v) is 1.72. The Hall–Kier alpha value is -2.68. The van der Waals surface area contributed by atoms with Gasteiger partial charge in [0, 0.05) is 6.08 Å². The average Bonchev–Trinajstić information content (AvgIpc) is 2.46. The van der Waals surface area contributed by atoms with Gasteiger partial charge in [-0.1, -0.05) is 42.5 Å². The van der Waals surface area contributed by atoms with E-state index < -0.39 is 5.97 Å². The van der Waals surface area contributed by atoms with Crippen LogP contribution in [0.5, 0.6) is 5.75 Å². The van der Waals surface area contributed by atoms with E-state index in [0.717, 1.165) is 5.56 Å². The maximum absolute atomic E-state index is 11.7. The van der Waals surface area contributed by atoms with Crippen LogP contribution >= 0.6 is 0 Å². The van der Waals surface area contributed by atoms with Crippen molar-refractivity contribution in [2.24, 2.45) is 0 Å². The maximum atomic E-state index is 11.7. The standard InChI is InChI=1S/C17H14O3/c1-13(18)15-9-5-6-10-16(15)20-17(19)12-11-14-7-3-2-4-8-14/h2-12H,1H3. The minimum absolute atomic E-state index is 0.138. The largest absolute Gasteiger partial charge is 0.423 e. The third-order valence-corrected chi connectivity index (χ3v) is 2.69. The Bertz CT molecular complexity index is 642. The van der Waals surface area contributed by atoms with Crippen LogP contribution in [0.15, 0.2) is 60.7 Å². The molecule has 0 saturated carbocycles. The van der Waals surface area contributed by atoms with E-state index in [4.69, 9.17) is 4.74 Å². The molecular weight excluding hydrogens is 252 g/mol. The number of para-hydroxylation sites is 1. The van der Waals surface area contributed by atoms with E-state index in [1.54, 1.807) is 30.3 Å². The number of esters is 1. The summed E-state index contributed by atoms with van der Waals surface area (Å²) in [6.07, 6.45) is 3.00. The molecule has 2 aromatic carbocycles. The van der Waals surface area contributed by atoms with Gasteiger partial charge in [-0.25, -0.2) is 4.79 Å². The number of benzene rings is 2. The predicted octanol–water partition coefficient (Wildman–Crippen LogP) is 3.51. The van der Waals surface area contributed by atoms with Crippen LogP contribution in [0.1, 0.15) is 22.8 Å². The van der Waals surface area contributed by atoms with E-state index >= 15 is 0 Å². The van der Waals surface area contributed by atoms with Gasteiger partial charge in [0.1, 0.15) is 5.75 Å². The second-order valence-corrected chi connectivity index (χ2v) is 4.22. The summed E-state index contributed by atoms with van der Waals surface area (Å²) in [6, 6.07) is 16.1. The molecule has 100 valence electrons. The maximum Gasteiger partial charge on any atom is 0.336 e. The van der Waals surface area contributed by atoms with Crippen molar-refractivity contribution in [1.82, 2.24) is 0 Å². The van der Waals surface area contributed by atoms with Crippen molar-refractivity contribution in [3.05, 3.63) is 71.8 Å². The molecule has 3 heteroatoms. The van der Waals surface area contributed by atoms with E-state index in [0.29, 0.717) is 5.56 Å². The highest BCUT2D eigenvalue weighted by molar-refractivity contribution is 5.98. The fourth-order valence-electron chi connectivity index (χ4n) is 1.72. The van der Waals surface area contributed by atoms with Crippen molar-refractivity contribution in [1.29, 1.82) is 0 Å². The molecule has 0 atom stereocenters. The zero-order valence-electron chi connectivity index (χ0n) is 11.1. The number of hydrogen-bond donors (Lipinski definition) is 0. The molecule has 0 aliphatic heterocycles. The molecule has 0 saturated heterocycles. The zero-order valence-corrected chi connectivity index (χ0v) is 11.1. The SMILES string of the molecule is CC(=O)c1ccccc1OC(=O)C=Cc1ccccc1. The van der Waals surface area contributed by atoms with Crippen LogP contribution in [0.2, 0.25) is 0 Å². The van der Waals surface area contributed by atoms with Gasteiger partial charge in [-0.05, 0) is 30.7 Å². The molecule has 0 N–H and O–H groups in total. The summed E-state index contributed by atoms with van der Waals surface area (Å²) in [6.45, 7) is 1.44. The molecule has 2 aromatic rings.